The van der Waals surface area contributed by atoms with Gasteiger partial charge in [-0.05, 0) is 43.9 Å². The third-order valence-corrected chi connectivity index (χ3v) is 10.3. The number of aromatic hydroxyl groups is 1. The predicted molar refractivity (Wildman–Crippen MR) is 174 cm³/mol. The van der Waals surface area contributed by atoms with Crippen LogP contribution in [0.1, 0.15) is 42.2 Å². The van der Waals surface area contributed by atoms with Gasteiger partial charge in [-0.15, -0.1) is 15.0 Å². The molecule has 2 amide bonds. The molecule has 0 radical (unpaired) electrons. The summed E-state index contributed by atoms with van der Waals surface area (Å²) < 4.78 is 52.7. The number of phenols is 1. The molecule has 2 N–H and O–H groups in total. The highest BCUT2D eigenvalue weighted by molar-refractivity contribution is 6.06. The second-order valence-corrected chi connectivity index (χ2v) is 13.4. The minimum Gasteiger partial charge on any atom is -0.507 e. The molecule has 4 fully saturated rings. The highest BCUT2D eigenvalue weighted by Crippen LogP contribution is 2.73. The van der Waals surface area contributed by atoms with Crippen LogP contribution in [0, 0.1) is 5.41 Å². The van der Waals surface area contributed by atoms with E-state index >= 15 is 0 Å². The Bertz CT molecular complexity index is 2270. The van der Waals surface area contributed by atoms with Gasteiger partial charge in [-0.25, -0.2) is 9.97 Å². The fourth-order valence-corrected chi connectivity index (χ4v) is 7.85. The van der Waals surface area contributed by atoms with Crippen molar-refractivity contribution < 1.29 is 37.0 Å². The van der Waals surface area contributed by atoms with Crippen molar-refractivity contribution in [3.8, 4) is 17.3 Å². The summed E-state index contributed by atoms with van der Waals surface area (Å²) in [6.07, 6.45) is -1.81. The van der Waals surface area contributed by atoms with Gasteiger partial charge in [-0.2, -0.15) is 13.2 Å². The van der Waals surface area contributed by atoms with Crippen molar-refractivity contribution >= 4 is 39.8 Å². The summed E-state index contributed by atoms with van der Waals surface area (Å²) in [4.78, 5) is 54.2. The number of nitrogens with one attached hydrogen (secondary N) is 1. The lowest BCUT2D eigenvalue weighted by atomic mass is 9.39. The largest absolute Gasteiger partial charge is 0.507 e. The van der Waals surface area contributed by atoms with Crippen LogP contribution in [-0.2, 0) is 17.8 Å². The molecule has 3 aliphatic carbocycles. The SMILES string of the molecule is CCc1c(N2CCN(C(=O)c3c(O)ccc4ncoc34)CC2)c(=O)c2nn(-c3ccnc(OC)c3)nc2n1CC(=O)NC12CC(C(F)(F)F)(C1)C2. The van der Waals surface area contributed by atoms with E-state index in [0.717, 1.165) is 0 Å². The van der Waals surface area contributed by atoms with E-state index < -0.39 is 34.4 Å². The number of methoxy groups -OCH3 is 1. The molecule has 1 aromatic carbocycles. The zero-order valence-electron chi connectivity index (χ0n) is 27.5. The number of pyridine rings is 2. The zero-order valence-corrected chi connectivity index (χ0v) is 27.5. The summed E-state index contributed by atoms with van der Waals surface area (Å²) in [5.41, 5.74) is -1.16. The number of halogens is 3. The average Bonchev–Trinajstić information content (AvgIpc) is 3.74. The lowest BCUT2D eigenvalue weighted by Gasteiger charge is -2.70. The number of phenolic OH excluding ortho intramolecular Hbond substituents is 1. The molecule has 1 aliphatic heterocycles. The van der Waals surface area contributed by atoms with E-state index in [1.807, 2.05) is 11.8 Å². The third-order valence-electron chi connectivity index (χ3n) is 10.3. The second kappa shape index (κ2) is 11.4. The molecule has 18 heteroatoms. The minimum atomic E-state index is -4.32. The van der Waals surface area contributed by atoms with Gasteiger partial charge in [0.2, 0.25) is 17.2 Å². The number of rotatable bonds is 8. The number of hydrogen-bond acceptors (Lipinski definition) is 11. The molecule has 5 aromatic rings. The second-order valence-electron chi connectivity index (χ2n) is 13.4. The molecule has 4 aromatic heterocycles. The van der Waals surface area contributed by atoms with Crippen molar-refractivity contribution in [1.29, 1.82) is 0 Å². The molecular formula is C33H32F3N9O6. The van der Waals surface area contributed by atoms with E-state index in [-0.39, 0.29) is 91.6 Å². The number of fused-ring (bicyclic) bond motifs is 2. The van der Waals surface area contributed by atoms with Crippen LogP contribution >= 0.6 is 0 Å². The van der Waals surface area contributed by atoms with Crippen LogP contribution in [-0.4, -0.2) is 96.4 Å². The molecule has 4 aliphatic rings. The number of hydrogen-bond donors (Lipinski definition) is 2. The van der Waals surface area contributed by atoms with Crippen molar-refractivity contribution in [2.75, 3.05) is 38.2 Å². The highest BCUT2D eigenvalue weighted by Gasteiger charge is 2.79. The number of aromatic nitrogens is 6. The van der Waals surface area contributed by atoms with Crippen molar-refractivity contribution in [1.82, 2.24) is 39.7 Å². The molecule has 0 atom stereocenters. The first-order chi connectivity index (χ1) is 24.4. The number of carbonyl (C=O) groups is 2. The predicted octanol–water partition coefficient (Wildman–Crippen LogP) is 2.96. The molecule has 3 saturated carbocycles. The maximum atomic E-state index is 14.3. The molecule has 0 unspecified atom stereocenters. The molecule has 1 saturated heterocycles. The van der Waals surface area contributed by atoms with E-state index in [1.54, 1.807) is 27.7 Å². The normalized spacial score (nSPS) is 21.4. The number of piperazine rings is 1. The summed E-state index contributed by atoms with van der Waals surface area (Å²) in [6.45, 7) is 2.36. The fraction of sp³-hybridized carbons (Fsp3) is 0.424. The summed E-state index contributed by atoms with van der Waals surface area (Å²) >= 11 is 0. The molecule has 5 heterocycles. The molecule has 9 rings (SSSR count). The molecule has 51 heavy (non-hydrogen) atoms. The molecule has 0 spiro atoms. The molecule has 266 valence electrons. The number of oxazole rings is 1. The molecule has 15 nitrogen and oxygen atoms in total. The van der Waals surface area contributed by atoms with Gasteiger partial charge in [0.1, 0.15) is 29.1 Å². The van der Waals surface area contributed by atoms with Gasteiger partial charge < -0.3 is 33.9 Å². The van der Waals surface area contributed by atoms with Gasteiger partial charge in [0.05, 0.1) is 18.2 Å². The number of amides is 2. The Hall–Kier alpha value is -5.68. The number of benzene rings is 1. The quantitative estimate of drug-likeness (QED) is 0.243. The van der Waals surface area contributed by atoms with E-state index in [4.69, 9.17) is 9.15 Å². The first kappa shape index (κ1) is 32.5. The summed E-state index contributed by atoms with van der Waals surface area (Å²) in [7, 11) is 1.45. The minimum absolute atomic E-state index is 0.00305. The van der Waals surface area contributed by atoms with Gasteiger partial charge >= 0.3 is 6.18 Å². The maximum absolute atomic E-state index is 14.3. The Morgan fingerprint density at radius 2 is 1.82 bits per heavy atom. The summed E-state index contributed by atoms with van der Waals surface area (Å²) in [5, 5.41) is 22.5. The Labute approximate surface area is 286 Å². The van der Waals surface area contributed by atoms with E-state index in [9.17, 15) is 32.7 Å². The third kappa shape index (κ3) is 5.05. The van der Waals surface area contributed by atoms with Crippen LogP contribution in [0.25, 0.3) is 28.0 Å². The van der Waals surface area contributed by atoms with Crippen molar-refractivity contribution in [2.24, 2.45) is 5.41 Å². The molecule has 2 bridgehead atoms. The Morgan fingerprint density at radius 3 is 2.51 bits per heavy atom. The van der Waals surface area contributed by atoms with Gasteiger partial charge in [-0.3, -0.25) is 14.4 Å². The number of anilines is 1. The van der Waals surface area contributed by atoms with Crippen molar-refractivity contribution in [3.63, 3.8) is 0 Å². The zero-order chi connectivity index (χ0) is 35.9. The lowest BCUT2D eigenvalue weighted by molar-refractivity contribution is -0.337. The highest BCUT2D eigenvalue weighted by atomic mass is 19.4. The standard InChI is InChI=1S/C33H32F3N9O6/c1-3-20-26(42-8-10-43(11-9-42)30(49)24-21(46)5-4-19-28(24)51-17-38-19)27(48)25-29(41-45(40-25)18-6-7-37-23(12-18)50-2)44(20)13-22(47)39-32-14-31(15-32,16-32)33(34,35)36/h4-7,12,17,46H,3,8-11,13-16H2,1-2H3,(H,39,47). The summed E-state index contributed by atoms with van der Waals surface area (Å²) in [6, 6.07) is 6.13. The van der Waals surface area contributed by atoms with Gasteiger partial charge in [0, 0.05) is 49.7 Å². The van der Waals surface area contributed by atoms with Crippen LogP contribution in [0.2, 0.25) is 0 Å². The lowest BCUT2D eigenvalue weighted by Crippen LogP contribution is -2.78. The van der Waals surface area contributed by atoms with Crippen LogP contribution in [0.5, 0.6) is 11.6 Å². The number of alkyl halides is 3. The van der Waals surface area contributed by atoms with Crippen molar-refractivity contribution in [2.45, 2.75) is 50.9 Å². The van der Waals surface area contributed by atoms with E-state index in [2.05, 4.69) is 25.5 Å². The first-order valence-corrected chi connectivity index (χ1v) is 16.4. The number of nitrogens with zero attached hydrogens (tertiary/aromatic N) is 8. The molecular weight excluding hydrogens is 675 g/mol. The average molecular weight is 708 g/mol. The number of ether oxygens (including phenoxy) is 1. The Kier molecular flexibility index (Phi) is 7.29. The fourth-order valence-electron chi connectivity index (χ4n) is 7.85. The van der Waals surface area contributed by atoms with Crippen molar-refractivity contribution in [3.05, 3.63) is 58.3 Å². The first-order valence-electron chi connectivity index (χ1n) is 16.4. The maximum Gasteiger partial charge on any atom is 0.394 e. The topological polar surface area (TPSA) is 174 Å². The van der Waals surface area contributed by atoms with Crippen LogP contribution in [0.4, 0.5) is 18.9 Å². The summed E-state index contributed by atoms with van der Waals surface area (Å²) in [5.74, 6) is -0.915. The number of carbonyl (C=O) groups excluding carboxylic acids is 2. The van der Waals surface area contributed by atoms with Gasteiger partial charge in [0.25, 0.3) is 5.91 Å². The smallest absolute Gasteiger partial charge is 0.394 e. The van der Waals surface area contributed by atoms with Crippen LogP contribution < -0.4 is 20.4 Å². The Balaban J connectivity index is 1.13. The monoisotopic (exact) mass is 707 g/mol. The van der Waals surface area contributed by atoms with E-state index in [1.165, 1.54) is 30.6 Å². The van der Waals surface area contributed by atoms with Crippen LogP contribution in [0.15, 0.2) is 46.1 Å². The van der Waals surface area contributed by atoms with Gasteiger partial charge in [-0.1, -0.05) is 6.92 Å². The van der Waals surface area contributed by atoms with E-state index in [0.29, 0.717) is 23.3 Å². The van der Waals surface area contributed by atoms with Gasteiger partial charge in [0.15, 0.2) is 23.1 Å². The van der Waals surface area contributed by atoms with Crippen LogP contribution in [0.3, 0.4) is 0 Å². The Morgan fingerprint density at radius 1 is 1.08 bits per heavy atom.